The Kier molecular flexibility index (Phi) is 3.63. The van der Waals surface area contributed by atoms with E-state index in [1.54, 1.807) is 18.3 Å². The molecule has 0 bridgehead atoms. The SMILES string of the molecule is CCc1nnc(-c2cc(S(=O)(=O)Nc3cccnc3)c[nH]2)o1. The van der Waals surface area contributed by atoms with Gasteiger partial charge in [-0.2, -0.15) is 0 Å². The Balaban J connectivity index is 1.86. The molecule has 0 radical (unpaired) electrons. The third-order valence-corrected chi connectivity index (χ3v) is 4.24. The van der Waals surface area contributed by atoms with Gasteiger partial charge in [0.2, 0.25) is 5.89 Å². The van der Waals surface area contributed by atoms with Gasteiger partial charge in [-0.1, -0.05) is 6.92 Å². The number of H-pyrrole nitrogens is 1. The number of aromatic amines is 1. The number of anilines is 1. The summed E-state index contributed by atoms with van der Waals surface area (Å²) in [5, 5.41) is 7.70. The van der Waals surface area contributed by atoms with Crippen molar-refractivity contribution in [2.75, 3.05) is 4.72 Å². The van der Waals surface area contributed by atoms with Crippen molar-refractivity contribution in [1.82, 2.24) is 20.2 Å². The third kappa shape index (κ3) is 2.84. The predicted octanol–water partition coefficient (Wildman–Crippen LogP) is 1.82. The molecule has 3 aromatic heterocycles. The fourth-order valence-corrected chi connectivity index (χ4v) is 2.83. The van der Waals surface area contributed by atoms with Crippen molar-refractivity contribution >= 4 is 15.7 Å². The largest absolute Gasteiger partial charge is 0.419 e. The molecule has 9 heteroatoms. The van der Waals surface area contributed by atoms with Crippen molar-refractivity contribution in [3.63, 3.8) is 0 Å². The molecule has 3 aromatic rings. The van der Waals surface area contributed by atoms with Gasteiger partial charge in [-0.05, 0) is 18.2 Å². The van der Waals surface area contributed by atoms with Gasteiger partial charge in [0.1, 0.15) is 10.6 Å². The molecular weight excluding hydrogens is 306 g/mol. The molecule has 0 atom stereocenters. The second-order valence-corrected chi connectivity index (χ2v) is 6.13. The van der Waals surface area contributed by atoms with Crippen LogP contribution in [0.5, 0.6) is 0 Å². The highest BCUT2D eigenvalue weighted by atomic mass is 32.2. The quantitative estimate of drug-likeness (QED) is 0.741. The summed E-state index contributed by atoms with van der Waals surface area (Å²) in [5.74, 6) is 0.738. The van der Waals surface area contributed by atoms with Crippen LogP contribution in [0, 0.1) is 0 Å². The second kappa shape index (κ2) is 5.60. The fourth-order valence-electron chi connectivity index (χ4n) is 1.80. The number of hydrogen-bond donors (Lipinski definition) is 2. The third-order valence-electron chi connectivity index (χ3n) is 2.88. The van der Waals surface area contributed by atoms with Crippen molar-refractivity contribution < 1.29 is 12.8 Å². The zero-order valence-corrected chi connectivity index (χ0v) is 12.5. The van der Waals surface area contributed by atoms with Gasteiger partial charge in [0.15, 0.2) is 0 Å². The first-order valence-corrected chi connectivity index (χ1v) is 8.01. The lowest BCUT2D eigenvalue weighted by Gasteiger charge is -2.04. The van der Waals surface area contributed by atoms with E-state index < -0.39 is 10.0 Å². The maximum absolute atomic E-state index is 12.3. The highest BCUT2D eigenvalue weighted by molar-refractivity contribution is 7.92. The molecule has 0 fully saturated rings. The normalized spacial score (nSPS) is 11.5. The highest BCUT2D eigenvalue weighted by Gasteiger charge is 2.18. The molecule has 0 saturated carbocycles. The smallest absolute Gasteiger partial charge is 0.264 e. The number of nitrogens with zero attached hydrogens (tertiary/aromatic N) is 3. The number of nitrogens with one attached hydrogen (secondary N) is 2. The van der Waals surface area contributed by atoms with Crippen LogP contribution in [0.1, 0.15) is 12.8 Å². The molecule has 0 aliphatic heterocycles. The summed E-state index contributed by atoms with van der Waals surface area (Å²) in [4.78, 5) is 6.75. The molecule has 0 aromatic carbocycles. The summed E-state index contributed by atoms with van der Waals surface area (Å²) in [6.07, 6.45) is 4.97. The maximum atomic E-state index is 12.3. The molecular formula is C13H13N5O3S. The summed E-state index contributed by atoms with van der Waals surface area (Å²) in [5.41, 5.74) is 0.829. The first kappa shape index (κ1) is 14.3. The Morgan fingerprint density at radius 1 is 1.36 bits per heavy atom. The standard InChI is InChI=1S/C13H13N5O3S/c1-2-12-16-17-13(21-12)11-6-10(8-15-11)22(19,20)18-9-4-3-5-14-7-9/h3-8,15,18H,2H2,1H3. The number of rotatable bonds is 5. The van der Waals surface area contributed by atoms with E-state index in [4.69, 9.17) is 4.42 Å². The molecule has 0 aliphatic rings. The summed E-state index contributed by atoms with van der Waals surface area (Å²) >= 11 is 0. The van der Waals surface area contributed by atoms with Crippen molar-refractivity contribution in [1.29, 1.82) is 0 Å². The Bertz CT molecular complexity index is 870. The highest BCUT2D eigenvalue weighted by Crippen LogP contribution is 2.22. The van der Waals surface area contributed by atoms with Crippen LogP contribution in [-0.2, 0) is 16.4 Å². The number of aryl methyl sites for hydroxylation is 1. The van der Waals surface area contributed by atoms with E-state index in [0.29, 0.717) is 23.7 Å². The number of hydrogen-bond acceptors (Lipinski definition) is 6. The van der Waals surface area contributed by atoms with E-state index in [1.165, 1.54) is 18.5 Å². The minimum Gasteiger partial charge on any atom is -0.419 e. The van der Waals surface area contributed by atoms with E-state index in [-0.39, 0.29) is 10.8 Å². The second-order valence-electron chi connectivity index (χ2n) is 4.45. The molecule has 3 heterocycles. The monoisotopic (exact) mass is 319 g/mol. The van der Waals surface area contributed by atoms with Gasteiger partial charge in [0.05, 0.1) is 11.9 Å². The van der Waals surface area contributed by atoms with E-state index in [0.717, 1.165) is 0 Å². The number of aromatic nitrogens is 4. The van der Waals surface area contributed by atoms with Gasteiger partial charge < -0.3 is 9.40 Å². The zero-order chi connectivity index (χ0) is 15.6. The first-order valence-electron chi connectivity index (χ1n) is 6.52. The molecule has 2 N–H and O–H groups in total. The lowest BCUT2D eigenvalue weighted by molar-refractivity contribution is 0.511. The molecule has 0 spiro atoms. The molecule has 0 amide bonds. The summed E-state index contributed by atoms with van der Waals surface area (Å²) in [7, 11) is -3.71. The van der Waals surface area contributed by atoms with Crippen LogP contribution in [0.25, 0.3) is 11.6 Å². The van der Waals surface area contributed by atoms with Crippen LogP contribution >= 0.6 is 0 Å². The molecule has 22 heavy (non-hydrogen) atoms. The van der Waals surface area contributed by atoms with Crippen LogP contribution in [0.15, 0.2) is 46.1 Å². The van der Waals surface area contributed by atoms with E-state index in [9.17, 15) is 8.42 Å². The van der Waals surface area contributed by atoms with Crippen molar-refractivity contribution in [3.8, 4) is 11.6 Å². The zero-order valence-electron chi connectivity index (χ0n) is 11.6. The fraction of sp³-hybridized carbons (Fsp3) is 0.154. The molecule has 3 rings (SSSR count). The minimum absolute atomic E-state index is 0.0719. The first-order chi connectivity index (χ1) is 10.6. The lowest BCUT2D eigenvalue weighted by atomic mass is 10.4. The Labute approximate surface area is 126 Å². The predicted molar refractivity (Wildman–Crippen MR) is 78.5 cm³/mol. The Hall–Kier alpha value is -2.68. The van der Waals surface area contributed by atoms with Crippen LogP contribution in [0.3, 0.4) is 0 Å². The maximum Gasteiger partial charge on any atom is 0.264 e. The van der Waals surface area contributed by atoms with Crippen molar-refractivity contribution in [2.24, 2.45) is 0 Å². The number of pyridine rings is 1. The lowest BCUT2D eigenvalue weighted by Crippen LogP contribution is -2.12. The van der Waals surface area contributed by atoms with E-state index in [2.05, 4.69) is 24.9 Å². The van der Waals surface area contributed by atoms with Gasteiger partial charge in [-0.25, -0.2) is 8.42 Å². The van der Waals surface area contributed by atoms with Crippen LogP contribution in [0.4, 0.5) is 5.69 Å². The molecule has 0 saturated heterocycles. The van der Waals surface area contributed by atoms with Crippen LogP contribution < -0.4 is 4.72 Å². The van der Waals surface area contributed by atoms with Gasteiger partial charge >= 0.3 is 0 Å². The van der Waals surface area contributed by atoms with Gasteiger partial charge in [-0.3, -0.25) is 9.71 Å². The summed E-state index contributed by atoms with van der Waals surface area (Å²) in [6, 6.07) is 4.69. The average Bonchev–Trinajstić information content (AvgIpc) is 3.17. The van der Waals surface area contributed by atoms with E-state index in [1.807, 2.05) is 6.92 Å². The van der Waals surface area contributed by atoms with Gasteiger partial charge in [0, 0.05) is 18.8 Å². The summed E-state index contributed by atoms with van der Waals surface area (Å²) in [6.45, 7) is 1.89. The number of sulfonamides is 1. The van der Waals surface area contributed by atoms with Gasteiger partial charge in [0.25, 0.3) is 15.9 Å². The minimum atomic E-state index is -3.71. The average molecular weight is 319 g/mol. The Morgan fingerprint density at radius 2 is 2.23 bits per heavy atom. The molecule has 0 unspecified atom stereocenters. The van der Waals surface area contributed by atoms with Crippen molar-refractivity contribution in [2.45, 2.75) is 18.2 Å². The van der Waals surface area contributed by atoms with Crippen LogP contribution in [-0.4, -0.2) is 28.6 Å². The van der Waals surface area contributed by atoms with Crippen LogP contribution in [0.2, 0.25) is 0 Å². The van der Waals surface area contributed by atoms with Gasteiger partial charge in [-0.15, -0.1) is 10.2 Å². The molecule has 114 valence electrons. The summed E-state index contributed by atoms with van der Waals surface area (Å²) < 4.78 is 32.4. The molecule has 8 nitrogen and oxygen atoms in total. The molecule has 0 aliphatic carbocycles. The van der Waals surface area contributed by atoms with E-state index >= 15 is 0 Å². The Morgan fingerprint density at radius 3 is 2.91 bits per heavy atom. The topological polar surface area (TPSA) is 114 Å². The van der Waals surface area contributed by atoms with Crippen molar-refractivity contribution in [3.05, 3.63) is 42.7 Å².